The van der Waals surface area contributed by atoms with E-state index in [0.717, 1.165) is 5.56 Å². The Balaban J connectivity index is 0.00000364. The van der Waals surface area contributed by atoms with Crippen molar-refractivity contribution in [2.24, 2.45) is 0 Å². The smallest absolute Gasteiger partial charge is 0.315 e. The Morgan fingerprint density at radius 2 is 1.93 bits per heavy atom. The molecule has 1 aromatic carbocycles. The van der Waals surface area contributed by atoms with Gasteiger partial charge in [-0.25, -0.2) is 4.79 Å². The molecule has 0 aliphatic carbocycles. The van der Waals surface area contributed by atoms with Crippen molar-refractivity contribution in [1.82, 2.24) is 16.0 Å². The fraction of sp³-hybridized carbons (Fsp3) is 0.333. The highest BCUT2D eigenvalue weighted by atomic mass is 35.5. The summed E-state index contributed by atoms with van der Waals surface area (Å²) in [7, 11) is 3.12. The molecule has 8 nitrogen and oxygen atoms in total. The molecule has 0 radical (unpaired) electrons. The number of halogens is 1. The summed E-state index contributed by atoms with van der Waals surface area (Å²) in [4.78, 5) is 23.8. The molecule has 148 valence electrons. The van der Waals surface area contributed by atoms with E-state index in [1.165, 1.54) is 6.26 Å². The maximum absolute atomic E-state index is 12.0. The lowest BCUT2D eigenvalue weighted by molar-refractivity contribution is -0.120. The number of benzene rings is 1. The van der Waals surface area contributed by atoms with Gasteiger partial charge in [0.1, 0.15) is 17.3 Å². The summed E-state index contributed by atoms with van der Waals surface area (Å²) in [6.07, 6.45) is 1.53. The van der Waals surface area contributed by atoms with E-state index in [9.17, 15) is 9.59 Å². The molecule has 9 heteroatoms. The van der Waals surface area contributed by atoms with Crippen LogP contribution in [0.1, 0.15) is 24.3 Å². The van der Waals surface area contributed by atoms with Gasteiger partial charge in [-0.1, -0.05) is 0 Å². The van der Waals surface area contributed by atoms with Crippen molar-refractivity contribution >= 4 is 24.3 Å². The second-order valence-corrected chi connectivity index (χ2v) is 5.51. The van der Waals surface area contributed by atoms with Crippen molar-refractivity contribution in [1.29, 1.82) is 0 Å². The van der Waals surface area contributed by atoms with Gasteiger partial charge in [-0.3, -0.25) is 4.79 Å². The summed E-state index contributed by atoms with van der Waals surface area (Å²) in [6.45, 7) is 1.94. The molecule has 1 atom stereocenters. The lowest BCUT2D eigenvalue weighted by Crippen LogP contribution is -2.42. The van der Waals surface area contributed by atoms with Gasteiger partial charge in [0.15, 0.2) is 0 Å². The average molecular weight is 398 g/mol. The second-order valence-electron chi connectivity index (χ2n) is 5.51. The highest BCUT2D eigenvalue weighted by molar-refractivity contribution is 5.85. The van der Waals surface area contributed by atoms with Crippen molar-refractivity contribution in [3.63, 3.8) is 0 Å². The number of amides is 3. The molecule has 0 saturated heterocycles. The number of hydrogen-bond donors (Lipinski definition) is 3. The Morgan fingerprint density at radius 3 is 2.56 bits per heavy atom. The van der Waals surface area contributed by atoms with Crippen LogP contribution in [0.15, 0.2) is 41.0 Å². The van der Waals surface area contributed by atoms with E-state index in [0.29, 0.717) is 17.3 Å². The number of methoxy groups -OCH3 is 2. The molecule has 1 unspecified atom stereocenters. The SMILES string of the molecule is COc1ccc(OC)c(C(C)NC(=O)NCC(=O)NCc2ccco2)c1.Cl. The van der Waals surface area contributed by atoms with Crippen LogP contribution in [0.5, 0.6) is 11.5 Å². The molecule has 1 heterocycles. The molecule has 2 aromatic rings. The summed E-state index contributed by atoms with van der Waals surface area (Å²) < 4.78 is 15.6. The molecular weight excluding hydrogens is 374 g/mol. The molecule has 0 aliphatic heterocycles. The van der Waals surface area contributed by atoms with E-state index in [4.69, 9.17) is 13.9 Å². The Hall–Kier alpha value is -2.87. The zero-order valence-electron chi connectivity index (χ0n) is 15.4. The van der Waals surface area contributed by atoms with Crippen molar-refractivity contribution < 1.29 is 23.5 Å². The lowest BCUT2D eigenvalue weighted by Gasteiger charge is -2.18. The van der Waals surface area contributed by atoms with Crippen LogP contribution in [0.2, 0.25) is 0 Å². The van der Waals surface area contributed by atoms with Crippen LogP contribution >= 0.6 is 12.4 Å². The molecule has 0 saturated carbocycles. The molecule has 0 fully saturated rings. The van der Waals surface area contributed by atoms with Gasteiger partial charge in [0, 0.05) is 5.56 Å². The van der Waals surface area contributed by atoms with Crippen molar-refractivity contribution in [3.05, 3.63) is 47.9 Å². The summed E-state index contributed by atoms with van der Waals surface area (Å²) >= 11 is 0. The largest absolute Gasteiger partial charge is 0.497 e. The van der Waals surface area contributed by atoms with Crippen LogP contribution < -0.4 is 25.4 Å². The number of urea groups is 1. The van der Waals surface area contributed by atoms with Gasteiger partial charge in [0.2, 0.25) is 5.91 Å². The zero-order valence-corrected chi connectivity index (χ0v) is 16.2. The standard InChI is InChI=1S/C18H23N3O5.ClH/c1-12(15-9-13(24-2)6-7-16(15)25-3)21-18(23)20-11-17(22)19-10-14-5-4-8-26-14;/h4-9,12H,10-11H2,1-3H3,(H,19,22)(H2,20,21,23);1H. The minimum Gasteiger partial charge on any atom is -0.497 e. The molecule has 0 spiro atoms. The molecule has 27 heavy (non-hydrogen) atoms. The number of rotatable bonds is 8. The van der Waals surface area contributed by atoms with Gasteiger partial charge in [0.25, 0.3) is 0 Å². The highest BCUT2D eigenvalue weighted by Gasteiger charge is 2.15. The minimum absolute atomic E-state index is 0. The van der Waals surface area contributed by atoms with Gasteiger partial charge < -0.3 is 29.8 Å². The van der Waals surface area contributed by atoms with Gasteiger partial charge in [0.05, 0.1) is 39.6 Å². The Kier molecular flexibility index (Phi) is 9.01. The van der Waals surface area contributed by atoms with Gasteiger partial charge in [-0.05, 0) is 37.3 Å². The van der Waals surface area contributed by atoms with E-state index in [1.807, 2.05) is 6.92 Å². The predicted molar refractivity (Wildman–Crippen MR) is 102 cm³/mol. The third-order valence-electron chi connectivity index (χ3n) is 3.70. The van der Waals surface area contributed by atoms with E-state index >= 15 is 0 Å². The summed E-state index contributed by atoms with van der Waals surface area (Å²) in [5.41, 5.74) is 0.768. The van der Waals surface area contributed by atoms with Crippen LogP contribution in [0, 0.1) is 0 Å². The normalized spacial score (nSPS) is 10.9. The van der Waals surface area contributed by atoms with Crippen molar-refractivity contribution in [3.8, 4) is 11.5 Å². The summed E-state index contributed by atoms with van der Waals surface area (Å²) in [6, 6.07) is 8.03. The molecule has 3 amide bonds. The Bertz CT molecular complexity index is 737. The fourth-order valence-electron chi connectivity index (χ4n) is 2.33. The first-order valence-corrected chi connectivity index (χ1v) is 8.09. The fourth-order valence-corrected chi connectivity index (χ4v) is 2.33. The van der Waals surface area contributed by atoms with Crippen LogP contribution in [0.3, 0.4) is 0 Å². The molecule has 0 aliphatic rings. The van der Waals surface area contributed by atoms with E-state index in [2.05, 4.69) is 16.0 Å². The summed E-state index contributed by atoms with van der Waals surface area (Å²) in [5.74, 6) is 1.62. The maximum Gasteiger partial charge on any atom is 0.315 e. The molecular formula is C18H24ClN3O5. The van der Waals surface area contributed by atoms with Gasteiger partial charge in [-0.15, -0.1) is 12.4 Å². The first-order chi connectivity index (χ1) is 12.5. The Labute approximate surface area is 164 Å². The zero-order chi connectivity index (χ0) is 18.9. The summed E-state index contributed by atoms with van der Waals surface area (Å²) in [5, 5.41) is 7.92. The van der Waals surface area contributed by atoms with Crippen LogP contribution in [-0.2, 0) is 11.3 Å². The predicted octanol–water partition coefficient (Wildman–Crippen LogP) is 2.40. The van der Waals surface area contributed by atoms with Gasteiger partial charge >= 0.3 is 6.03 Å². The number of nitrogens with one attached hydrogen (secondary N) is 3. The second kappa shape index (κ2) is 11.0. The van der Waals surface area contributed by atoms with Crippen LogP contribution in [0.4, 0.5) is 4.79 Å². The van der Waals surface area contributed by atoms with Crippen molar-refractivity contribution in [2.75, 3.05) is 20.8 Å². The van der Waals surface area contributed by atoms with Crippen molar-refractivity contribution in [2.45, 2.75) is 19.5 Å². The van der Waals surface area contributed by atoms with Gasteiger partial charge in [-0.2, -0.15) is 0 Å². The molecule has 2 rings (SSSR count). The first-order valence-electron chi connectivity index (χ1n) is 8.09. The topological polar surface area (TPSA) is 102 Å². The number of carbonyl (C=O) groups is 2. The first kappa shape index (κ1) is 22.2. The molecule has 0 bridgehead atoms. The number of carbonyl (C=O) groups excluding carboxylic acids is 2. The third kappa shape index (κ3) is 6.74. The quantitative estimate of drug-likeness (QED) is 0.634. The monoisotopic (exact) mass is 397 g/mol. The van der Waals surface area contributed by atoms with Crippen LogP contribution in [-0.4, -0.2) is 32.7 Å². The van der Waals surface area contributed by atoms with E-state index in [-0.39, 0.29) is 37.4 Å². The third-order valence-corrected chi connectivity index (χ3v) is 3.70. The van der Waals surface area contributed by atoms with E-state index < -0.39 is 6.03 Å². The number of hydrogen-bond acceptors (Lipinski definition) is 5. The number of ether oxygens (including phenoxy) is 2. The molecule has 3 N–H and O–H groups in total. The van der Waals surface area contributed by atoms with Crippen LogP contribution in [0.25, 0.3) is 0 Å². The number of furan rings is 1. The lowest BCUT2D eigenvalue weighted by atomic mass is 10.1. The Morgan fingerprint density at radius 1 is 1.15 bits per heavy atom. The van der Waals surface area contributed by atoms with E-state index in [1.54, 1.807) is 44.6 Å². The average Bonchev–Trinajstić information content (AvgIpc) is 3.17. The minimum atomic E-state index is -0.462. The highest BCUT2D eigenvalue weighted by Crippen LogP contribution is 2.29. The maximum atomic E-state index is 12.0. The molecule has 1 aromatic heterocycles.